The summed E-state index contributed by atoms with van der Waals surface area (Å²) in [6, 6.07) is 43.6. The Morgan fingerprint density at radius 2 is 1.06 bits per heavy atom. The van der Waals surface area contributed by atoms with Gasteiger partial charge in [-0.3, -0.25) is 4.79 Å². The number of hydrogen-bond donors (Lipinski definition) is 1. The standard InChI is InChI=1S/C32H26O2/c1-23(31(33)34)28-22-21-24-13-11-12-20-29(24)30(28)32(25-14-5-2-6-15-25,26-16-7-3-8-17-26)27-18-9-4-10-19-27/h2-23H,1H3,(H,33,34). The molecule has 0 aliphatic heterocycles. The van der Waals surface area contributed by atoms with Gasteiger partial charge in [0, 0.05) is 0 Å². The smallest absolute Gasteiger partial charge is 0.310 e. The van der Waals surface area contributed by atoms with Crippen LogP contribution < -0.4 is 0 Å². The molecule has 34 heavy (non-hydrogen) atoms. The summed E-state index contributed by atoms with van der Waals surface area (Å²) in [5, 5.41) is 12.3. The molecule has 0 saturated heterocycles. The van der Waals surface area contributed by atoms with Gasteiger partial charge in [-0.25, -0.2) is 0 Å². The minimum absolute atomic E-state index is 0.671. The molecule has 0 heterocycles. The topological polar surface area (TPSA) is 37.3 Å². The number of carboxylic acids is 1. The van der Waals surface area contributed by atoms with Crippen LogP contribution in [0.15, 0.2) is 127 Å². The molecule has 0 radical (unpaired) electrons. The summed E-state index contributed by atoms with van der Waals surface area (Å²) < 4.78 is 0. The van der Waals surface area contributed by atoms with Crippen LogP contribution in [-0.4, -0.2) is 11.1 Å². The number of carbonyl (C=O) groups is 1. The van der Waals surface area contributed by atoms with Crippen LogP contribution >= 0.6 is 0 Å². The van der Waals surface area contributed by atoms with Crippen LogP contribution in [0.5, 0.6) is 0 Å². The number of hydrogen-bond acceptors (Lipinski definition) is 1. The first kappa shape index (κ1) is 21.7. The maximum atomic E-state index is 12.3. The molecule has 2 heteroatoms. The SMILES string of the molecule is CC(C(=O)O)c1ccc2ccccc2c1C(c1ccccc1)(c1ccccc1)c1ccccc1. The average molecular weight is 443 g/mol. The highest BCUT2D eigenvalue weighted by molar-refractivity contribution is 5.92. The number of rotatable bonds is 6. The van der Waals surface area contributed by atoms with Crippen molar-refractivity contribution in [2.75, 3.05) is 0 Å². The lowest BCUT2D eigenvalue weighted by Gasteiger charge is -2.39. The molecular weight excluding hydrogens is 416 g/mol. The van der Waals surface area contributed by atoms with Crippen LogP contribution in [0.2, 0.25) is 0 Å². The Kier molecular flexibility index (Phi) is 5.73. The molecule has 0 bridgehead atoms. The van der Waals surface area contributed by atoms with Gasteiger partial charge in [-0.1, -0.05) is 127 Å². The first-order valence-electron chi connectivity index (χ1n) is 11.6. The van der Waals surface area contributed by atoms with E-state index in [0.29, 0.717) is 0 Å². The Labute approximate surface area is 200 Å². The van der Waals surface area contributed by atoms with Crippen LogP contribution in [0.25, 0.3) is 10.8 Å². The summed E-state index contributed by atoms with van der Waals surface area (Å²) in [6.45, 7) is 1.78. The van der Waals surface area contributed by atoms with Gasteiger partial charge < -0.3 is 5.11 Å². The van der Waals surface area contributed by atoms with E-state index < -0.39 is 17.3 Å². The van der Waals surface area contributed by atoms with Gasteiger partial charge in [0.15, 0.2) is 0 Å². The van der Waals surface area contributed by atoms with Crippen molar-refractivity contribution in [1.82, 2.24) is 0 Å². The van der Waals surface area contributed by atoms with E-state index in [0.717, 1.165) is 38.6 Å². The monoisotopic (exact) mass is 442 g/mol. The Balaban J connectivity index is 2.05. The van der Waals surface area contributed by atoms with Crippen LogP contribution in [0, 0.1) is 0 Å². The summed E-state index contributed by atoms with van der Waals surface area (Å²) in [7, 11) is 0. The van der Waals surface area contributed by atoms with Gasteiger partial charge in [0.05, 0.1) is 11.3 Å². The molecule has 0 spiro atoms. The highest BCUT2D eigenvalue weighted by Crippen LogP contribution is 2.50. The molecule has 166 valence electrons. The lowest BCUT2D eigenvalue weighted by molar-refractivity contribution is -0.138. The normalized spacial score (nSPS) is 12.4. The maximum absolute atomic E-state index is 12.3. The third kappa shape index (κ3) is 3.48. The molecule has 0 amide bonds. The number of aliphatic carboxylic acids is 1. The van der Waals surface area contributed by atoms with E-state index in [1.54, 1.807) is 6.92 Å². The van der Waals surface area contributed by atoms with E-state index in [1.807, 2.05) is 42.5 Å². The van der Waals surface area contributed by atoms with E-state index in [2.05, 4.69) is 84.9 Å². The van der Waals surface area contributed by atoms with Crippen LogP contribution in [0.3, 0.4) is 0 Å². The predicted octanol–water partition coefficient (Wildman–Crippen LogP) is 7.41. The molecule has 0 fully saturated rings. The second-order valence-electron chi connectivity index (χ2n) is 8.66. The van der Waals surface area contributed by atoms with E-state index in [4.69, 9.17) is 0 Å². The molecular formula is C32H26O2. The Hall–Kier alpha value is -4.17. The zero-order valence-corrected chi connectivity index (χ0v) is 19.1. The van der Waals surface area contributed by atoms with Crippen molar-refractivity contribution in [2.24, 2.45) is 0 Å². The van der Waals surface area contributed by atoms with Crippen molar-refractivity contribution in [3.63, 3.8) is 0 Å². The molecule has 0 saturated carbocycles. The largest absolute Gasteiger partial charge is 0.481 e. The number of benzene rings is 5. The van der Waals surface area contributed by atoms with Crippen molar-refractivity contribution in [1.29, 1.82) is 0 Å². The highest BCUT2D eigenvalue weighted by Gasteiger charge is 2.42. The predicted molar refractivity (Wildman–Crippen MR) is 138 cm³/mol. The average Bonchev–Trinajstić information content (AvgIpc) is 2.90. The van der Waals surface area contributed by atoms with Crippen molar-refractivity contribution < 1.29 is 9.90 Å². The Bertz CT molecular complexity index is 1330. The first-order valence-corrected chi connectivity index (χ1v) is 11.6. The zero-order valence-electron chi connectivity index (χ0n) is 19.1. The second kappa shape index (κ2) is 8.99. The van der Waals surface area contributed by atoms with Gasteiger partial charge in [0.25, 0.3) is 0 Å². The van der Waals surface area contributed by atoms with E-state index in [9.17, 15) is 9.90 Å². The van der Waals surface area contributed by atoms with Crippen molar-refractivity contribution >= 4 is 16.7 Å². The van der Waals surface area contributed by atoms with Crippen LogP contribution in [0.4, 0.5) is 0 Å². The van der Waals surface area contributed by atoms with E-state index in [-0.39, 0.29) is 0 Å². The zero-order chi connectivity index (χ0) is 23.5. The molecule has 1 N–H and O–H groups in total. The van der Waals surface area contributed by atoms with Gasteiger partial charge in [0.1, 0.15) is 0 Å². The molecule has 5 aromatic carbocycles. The third-order valence-electron chi connectivity index (χ3n) is 6.79. The summed E-state index contributed by atoms with van der Waals surface area (Å²) in [6.07, 6.45) is 0. The Morgan fingerprint density at radius 3 is 1.53 bits per heavy atom. The molecule has 5 aromatic rings. The fourth-order valence-electron chi connectivity index (χ4n) is 5.20. The van der Waals surface area contributed by atoms with Crippen LogP contribution in [-0.2, 0) is 10.2 Å². The van der Waals surface area contributed by atoms with Crippen molar-refractivity contribution in [3.05, 3.63) is 155 Å². The van der Waals surface area contributed by atoms with Gasteiger partial charge in [0.2, 0.25) is 0 Å². The maximum Gasteiger partial charge on any atom is 0.310 e. The van der Waals surface area contributed by atoms with Gasteiger partial charge >= 0.3 is 5.97 Å². The van der Waals surface area contributed by atoms with Crippen LogP contribution in [0.1, 0.15) is 40.7 Å². The quantitative estimate of drug-likeness (QED) is 0.278. The second-order valence-corrected chi connectivity index (χ2v) is 8.66. The fraction of sp³-hybridized carbons (Fsp3) is 0.0938. The molecule has 0 aromatic heterocycles. The van der Waals surface area contributed by atoms with Gasteiger partial charge in [-0.2, -0.15) is 0 Å². The van der Waals surface area contributed by atoms with Gasteiger partial charge in [-0.15, -0.1) is 0 Å². The van der Waals surface area contributed by atoms with E-state index >= 15 is 0 Å². The highest BCUT2D eigenvalue weighted by atomic mass is 16.4. The molecule has 0 aliphatic rings. The molecule has 5 rings (SSSR count). The lowest BCUT2D eigenvalue weighted by atomic mass is 9.62. The summed E-state index contributed by atoms with van der Waals surface area (Å²) in [5.41, 5.74) is 4.43. The minimum atomic E-state index is -0.834. The minimum Gasteiger partial charge on any atom is -0.481 e. The van der Waals surface area contributed by atoms with Crippen molar-refractivity contribution in [3.8, 4) is 0 Å². The van der Waals surface area contributed by atoms with Gasteiger partial charge in [-0.05, 0) is 45.5 Å². The molecule has 1 unspecified atom stereocenters. The van der Waals surface area contributed by atoms with E-state index in [1.165, 1.54) is 0 Å². The third-order valence-corrected chi connectivity index (χ3v) is 6.79. The summed E-state index contributed by atoms with van der Waals surface area (Å²) in [5.74, 6) is -1.50. The Morgan fingerprint density at radius 1 is 0.618 bits per heavy atom. The number of carboxylic acid groups (broad SMARTS) is 1. The fourth-order valence-corrected chi connectivity index (χ4v) is 5.20. The lowest BCUT2D eigenvalue weighted by Crippen LogP contribution is -2.33. The number of fused-ring (bicyclic) bond motifs is 1. The summed E-state index contributed by atoms with van der Waals surface area (Å²) >= 11 is 0. The molecule has 2 nitrogen and oxygen atoms in total. The molecule has 0 aliphatic carbocycles. The molecule has 1 atom stereocenters. The first-order chi connectivity index (χ1) is 16.6. The summed E-state index contributed by atoms with van der Waals surface area (Å²) in [4.78, 5) is 12.3. The van der Waals surface area contributed by atoms with Crippen molar-refractivity contribution in [2.45, 2.75) is 18.3 Å².